The Kier molecular flexibility index (Phi) is 4.82. The highest BCUT2D eigenvalue weighted by Gasteiger charge is 2.37. The van der Waals surface area contributed by atoms with E-state index in [0.29, 0.717) is 28.4 Å². The number of likely N-dealkylation sites (tertiary alicyclic amines) is 1. The van der Waals surface area contributed by atoms with Crippen LogP contribution in [0.4, 0.5) is 5.69 Å². The molecule has 2 fully saturated rings. The topological polar surface area (TPSA) is 63.6 Å². The van der Waals surface area contributed by atoms with Crippen molar-refractivity contribution < 1.29 is 9.53 Å². The molecule has 7 heteroatoms. The molecule has 3 aliphatic heterocycles. The molecule has 2 bridgehead atoms. The van der Waals surface area contributed by atoms with Crippen molar-refractivity contribution in [2.24, 2.45) is 5.92 Å². The first-order valence-electron chi connectivity index (χ1n) is 10.1. The van der Waals surface area contributed by atoms with Gasteiger partial charge in [-0.25, -0.2) is 0 Å². The van der Waals surface area contributed by atoms with E-state index in [9.17, 15) is 9.59 Å². The Labute approximate surface area is 168 Å². The van der Waals surface area contributed by atoms with E-state index in [1.807, 2.05) is 22.1 Å². The summed E-state index contributed by atoms with van der Waals surface area (Å²) in [5.74, 6) is 0.675. The second-order valence-electron chi connectivity index (χ2n) is 8.12. The van der Waals surface area contributed by atoms with Gasteiger partial charge in [-0.15, -0.1) is 11.3 Å². The maximum Gasteiger partial charge on any atom is 0.274 e. The lowest BCUT2D eigenvalue weighted by Crippen LogP contribution is -2.51. The van der Waals surface area contributed by atoms with Crippen molar-refractivity contribution in [3.8, 4) is 0 Å². The Balaban J connectivity index is 1.38. The van der Waals surface area contributed by atoms with Gasteiger partial charge in [0.2, 0.25) is 0 Å². The number of piperidine rings is 1. The van der Waals surface area contributed by atoms with Crippen molar-refractivity contribution >= 4 is 22.9 Å². The summed E-state index contributed by atoms with van der Waals surface area (Å²) in [4.78, 5) is 28.6. The molecule has 0 aromatic carbocycles. The average molecular weight is 400 g/mol. The van der Waals surface area contributed by atoms with E-state index in [1.54, 1.807) is 12.1 Å². The molecular formula is C21H25N3O3S. The van der Waals surface area contributed by atoms with E-state index in [-0.39, 0.29) is 11.5 Å². The van der Waals surface area contributed by atoms with Gasteiger partial charge in [-0.2, -0.15) is 0 Å². The second kappa shape index (κ2) is 7.46. The third-order valence-corrected chi connectivity index (χ3v) is 7.20. The molecule has 0 radical (unpaired) electrons. The monoisotopic (exact) mass is 399 g/mol. The molecule has 0 aliphatic carbocycles. The molecule has 5 heterocycles. The summed E-state index contributed by atoms with van der Waals surface area (Å²) >= 11 is 1.38. The summed E-state index contributed by atoms with van der Waals surface area (Å²) in [5.41, 5.74) is 1.42. The lowest BCUT2D eigenvalue weighted by Gasteiger charge is -2.46. The van der Waals surface area contributed by atoms with Crippen LogP contribution < -0.4 is 10.9 Å². The molecule has 6 nitrogen and oxygen atoms in total. The lowest BCUT2D eigenvalue weighted by atomic mass is 9.82. The Hall–Kier alpha value is -1.96. The van der Waals surface area contributed by atoms with Gasteiger partial charge < -0.3 is 14.6 Å². The van der Waals surface area contributed by atoms with Gasteiger partial charge in [0.15, 0.2) is 0 Å². The number of aromatic nitrogens is 1. The van der Waals surface area contributed by atoms with E-state index < -0.39 is 0 Å². The standard InChI is InChI=1S/C21H25N3O3S/c25-20(19-2-1-9-28-19)22-17-3-4-18-15-10-14(12-24(18)21(17)26)11-23(13-15)16-5-7-27-8-6-16/h1-4,9,14-16H,5-8,10-13H2,(H,22,25). The number of hydrogen-bond acceptors (Lipinski definition) is 5. The van der Waals surface area contributed by atoms with Crippen LogP contribution in [-0.4, -0.2) is 47.7 Å². The normalized spacial score (nSPS) is 25.3. The van der Waals surface area contributed by atoms with Gasteiger partial charge in [0.05, 0.1) is 4.88 Å². The zero-order valence-electron chi connectivity index (χ0n) is 15.8. The van der Waals surface area contributed by atoms with Crippen LogP contribution in [0.1, 0.15) is 40.5 Å². The summed E-state index contributed by atoms with van der Waals surface area (Å²) in [6.07, 6.45) is 3.37. The number of fused-ring (bicyclic) bond motifs is 4. The van der Waals surface area contributed by atoms with Gasteiger partial charge >= 0.3 is 0 Å². The predicted molar refractivity (Wildman–Crippen MR) is 109 cm³/mol. The molecule has 0 spiro atoms. The molecule has 3 aliphatic rings. The largest absolute Gasteiger partial charge is 0.381 e. The third-order valence-electron chi connectivity index (χ3n) is 6.33. The van der Waals surface area contributed by atoms with Crippen molar-refractivity contribution in [2.75, 3.05) is 31.6 Å². The summed E-state index contributed by atoms with van der Waals surface area (Å²) in [7, 11) is 0. The van der Waals surface area contributed by atoms with Gasteiger partial charge in [0.1, 0.15) is 5.69 Å². The molecular weight excluding hydrogens is 374 g/mol. The van der Waals surface area contributed by atoms with E-state index in [4.69, 9.17) is 4.74 Å². The molecule has 1 amide bonds. The molecule has 1 N–H and O–H groups in total. The van der Waals surface area contributed by atoms with Gasteiger partial charge in [0, 0.05) is 50.5 Å². The van der Waals surface area contributed by atoms with E-state index >= 15 is 0 Å². The molecule has 0 saturated carbocycles. The molecule has 2 aromatic heterocycles. The smallest absolute Gasteiger partial charge is 0.274 e. The number of carbonyl (C=O) groups excluding carboxylic acids is 1. The highest BCUT2D eigenvalue weighted by molar-refractivity contribution is 7.12. The van der Waals surface area contributed by atoms with Crippen LogP contribution in [0.2, 0.25) is 0 Å². The fourth-order valence-electron chi connectivity index (χ4n) is 5.02. The van der Waals surface area contributed by atoms with Gasteiger partial charge in [-0.05, 0) is 48.8 Å². The van der Waals surface area contributed by atoms with Gasteiger partial charge in [-0.3, -0.25) is 14.5 Å². The maximum atomic E-state index is 13.1. The van der Waals surface area contributed by atoms with Crippen LogP contribution in [0.25, 0.3) is 0 Å². The number of carbonyl (C=O) groups is 1. The Morgan fingerprint density at radius 1 is 1.14 bits per heavy atom. The number of nitrogens with zero attached hydrogens (tertiary/aromatic N) is 2. The average Bonchev–Trinajstić information content (AvgIpc) is 3.26. The van der Waals surface area contributed by atoms with Gasteiger partial charge in [0.25, 0.3) is 11.5 Å². The van der Waals surface area contributed by atoms with Crippen LogP contribution in [-0.2, 0) is 11.3 Å². The number of amides is 1. The Morgan fingerprint density at radius 3 is 2.79 bits per heavy atom. The molecule has 2 aromatic rings. The minimum Gasteiger partial charge on any atom is -0.381 e. The first-order valence-corrected chi connectivity index (χ1v) is 11.0. The van der Waals surface area contributed by atoms with E-state index in [1.165, 1.54) is 11.3 Å². The van der Waals surface area contributed by atoms with Crippen LogP contribution in [0.3, 0.4) is 0 Å². The summed E-state index contributed by atoms with van der Waals surface area (Å²) < 4.78 is 7.43. The Bertz CT molecular complexity index is 917. The first kappa shape index (κ1) is 18.1. The summed E-state index contributed by atoms with van der Waals surface area (Å²) in [5, 5.41) is 4.66. The van der Waals surface area contributed by atoms with Crippen LogP contribution in [0, 0.1) is 5.92 Å². The molecule has 28 heavy (non-hydrogen) atoms. The molecule has 2 atom stereocenters. The van der Waals surface area contributed by atoms with Crippen molar-refractivity contribution in [1.82, 2.24) is 9.47 Å². The van der Waals surface area contributed by atoms with Crippen molar-refractivity contribution in [3.05, 3.63) is 50.6 Å². The molecule has 5 rings (SSSR count). The number of pyridine rings is 1. The third kappa shape index (κ3) is 3.32. The summed E-state index contributed by atoms with van der Waals surface area (Å²) in [6, 6.07) is 8.05. The second-order valence-corrected chi connectivity index (χ2v) is 9.06. The summed E-state index contributed by atoms with van der Waals surface area (Å²) in [6.45, 7) is 4.53. The van der Waals surface area contributed by atoms with Gasteiger partial charge in [-0.1, -0.05) is 6.07 Å². The van der Waals surface area contributed by atoms with Crippen LogP contribution in [0.5, 0.6) is 0 Å². The number of ether oxygens (including phenoxy) is 1. The number of anilines is 1. The highest BCUT2D eigenvalue weighted by Crippen LogP contribution is 2.37. The SMILES string of the molecule is O=C(Nc1ccc2n(c1=O)CC1CC2CN(C2CCOCC2)C1)c1cccs1. The van der Waals surface area contributed by atoms with Crippen molar-refractivity contribution in [2.45, 2.75) is 37.8 Å². The number of hydrogen-bond donors (Lipinski definition) is 1. The minimum atomic E-state index is -0.214. The zero-order valence-corrected chi connectivity index (χ0v) is 16.6. The number of rotatable bonds is 3. The van der Waals surface area contributed by atoms with E-state index in [0.717, 1.165) is 57.8 Å². The van der Waals surface area contributed by atoms with Crippen LogP contribution >= 0.6 is 11.3 Å². The maximum absolute atomic E-state index is 13.1. The number of nitrogens with one attached hydrogen (secondary N) is 1. The van der Waals surface area contributed by atoms with Crippen LogP contribution in [0.15, 0.2) is 34.4 Å². The lowest BCUT2D eigenvalue weighted by molar-refractivity contribution is 0.00589. The zero-order chi connectivity index (χ0) is 19.1. The Morgan fingerprint density at radius 2 is 2.00 bits per heavy atom. The van der Waals surface area contributed by atoms with Crippen molar-refractivity contribution in [1.29, 1.82) is 0 Å². The molecule has 2 saturated heterocycles. The van der Waals surface area contributed by atoms with Crippen molar-refractivity contribution in [3.63, 3.8) is 0 Å². The highest BCUT2D eigenvalue weighted by atomic mass is 32.1. The molecule has 2 unspecified atom stereocenters. The quantitative estimate of drug-likeness (QED) is 0.862. The fourth-order valence-corrected chi connectivity index (χ4v) is 5.64. The number of thiophene rings is 1. The fraction of sp³-hybridized carbons (Fsp3) is 0.524. The molecule has 148 valence electrons. The predicted octanol–water partition coefficient (Wildman–Crippen LogP) is 2.76. The minimum absolute atomic E-state index is 0.0726. The van der Waals surface area contributed by atoms with E-state index in [2.05, 4.69) is 10.2 Å². The first-order chi connectivity index (χ1) is 13.7.